The van der Waals surface area contributed by atoms with E-state index < -0.39 is 0 Å². The van der Waals surface area contributed by atoms with Gasteiger partial charge in [-0.15, -0.1) is 11.3 Å². The molecule has 0 aliphatic carbocycles. The molecule has 0 aliphatic rings. The summed E-state index contributed by atoms with van der Waals surface area (Å²) in [7, 11) is 0. The Kier molecular flexibility index (Phi) is 7.22. The molecule has 0 amide bonds. The summed E-state index contributed by atoms with van der Waals surface area (Å²) in [5.41, 5.74) is 1.33. The van der Waals surface area contributed by atoms with Crippen molar-refractivity contribution >= 4 is 23.1 Å². The van der Waals surface area contributed by atoms with Crippen LogP contribution in [0.25, 0.3) is 0 Å². The average molecular weight is 288 g/mol. The van der Waals surface area contributed by atoms with E-state index in [0.29, 0.717) is 6.61 Å². The third-order valence-electron chi connectivity index (χ3n) is 2.47. The maximum Gasteiger partial charge on any atom is 0.107 e. The van der Waals surface area contributed by atoms with Crippen molar-refractivity contribution in [2.24, 2.45) is 0 Å². The van der Waals surface area contributed by atoms with Gasteiger partial charge in [0.15, 0.2) is 0 Å². The quantitative estimate of drug-likeness (QED) is 0.722. The van der Waals surface area contributed by atoms with Crippen molar-refractivity contribution in [1.82, 2.24) is 10.3 Å². The predicted molar refractivity (Wildman–Crippen MR) is 81.5 cm³/mol. The Morgan fingerprint density at radius 3 is 2.78 bits per heavy atom. The minimum atomic E-state index is 0.148. The van der Waals surface area contributed by atoms with Crippen LogP contribution >= 0.6 is 23.1 Å². The van der Waals surface area contributed by atoms with Gasteiger partial charge in [0.05, 0.1) is 5.69 Å². The van der Waals surface area contributed by atoms with E-state index in [4.69, 9.17) is 5.11 Å². The average Bonchev–Trinajstić information content (AvgIpc) is 2.76. The lowest BCUT2D eigenvalue weighted by atomic mass is 9.93. The molecule has 18 heavy (non-hydrogen) atoms. The van der Waals surface area contributed by atoms with Gasteiger partial charge in [0.1, 0.15) is 5.01 Å². The van der Waals surface area contributed by atoms with Gasteiger partial charge in [-0.25, -0.2) is 4.98 Å². The van der Waals surface area contributed by atoms with Crippen molar-refractivity contribution in [2.45, 2.75) is 39.2 Å². The molecule has 0 radical (unpaired) electrons. The zero-order valence-corrected chi connectivity index (χ0v) is 13.2. The van der Waals surface area contributed by atoms with E-state index >= 15 is 0 Å². The first kappa shape index (κ1) is 16.0. The van der Waals surface area contributed by atoms with Crippen LogP contribution in [-0.2, 0) is 12.0 Å². The van der Waals surface area contributed by atoms with E-state index in [1.807, 2.05) is 11.8 Å². The highest BCUT2D eigenvalue weighted by Crippen LogP contribution is 2.23. The minimum absolute atomic E-state index is 0.148. The summed E-state index contributed by atoms with van der Waals surface area (Å²) >= 11 is 3.62. The molecule has 1 heterocycles. The molecular weight excluding hydrogens is 264 g/mol. The summed E-state index contributed by atoms with van der Waals surface area (Å²) in [5, 5.41) is 15.4. The van der Waals surface area contributed by atoms with Crippen LogP contribution < -0.4 is 5.32 Å². The fourth-order valence-corrected chi connectivity index (χ4v) is 3.16. The van der Waals surface area contributed by atoms with Crippen LogP contribution in [0, 0.1) is 0 Å². The fourth-order valence-electron chi connectivity index (χ4n) is 1.34. The van der Waals surface area contributed by atoms with Crippen LogP contribution in [0.5, 0.6) is 0 Å². The molecule has 1 aromatic rings. The number of thioether (sulfide) groups is 1. The highest BCUT2D eigenvalue weighted by molar-refractivity contribution is 7.99. The number of nitrogens with zero attached hydrogens (tertiary/aromatic N) is 1. The second-order valence-electron chi connectivity index (χ2n) is 5.24. The van der Waals surface area contributed by atoms with Crippen molar-refractivity contribution in [3.05, 3.63) is 16.1 Å². The second kappa shape index (κ2) is 8.15. The topological polar surface area (TPSA) is 45.1 Å². The molecule has 0 fully saturated rings. The fraction of sp³-hybridized carbons (Fsp3) is 0.769. The Hall–Kier alpha value is -0.100. The maximum atomic E-state index is 8.65. The summed E-state index contributed by atoms with van der Waals surface area (Å²) in [4.78, 5) is 4.64. The summed E-state index contributed by atoms with van der Waals surface area (Å²) < 4.78 is 0. The molecule has 1 rings (SSSR count). The van der Waals surface area contributed by atoms with Gasteiger partial charge >= 0.3 is 0 Å². The van der Waals surface area contributed by atoms with Gasteiger partial charge in [0.25, 0.3) is 0 Å². The van der Waals surface area contributed by atoms with Crippen LogP contribution in [0.3, 0.4) is 0 Å². The lowest BCUT2D eigenvalue weighted by Crippen LogP contribution is -2.17. The van der Waals surface area contributed by atoms with Gasteiger partial charge in [0.2, 0.25) is 0 Å². The summed E-state index contributed by atoms with van der Waals surface area (Å²) in [6.45, 7) is 8.74. The smallest absolute Gasteiger partial charge is 0.107 e. The van der Waals surface area contributed by atoms with Crippen LogP contribution in [-0.4, -0.2) is 34.7 Å². The van der Waals surface area contributed by atoms with Gasteiger partial charge in [-0.3, -0.25) is 0 Å². The SMILES string of the molecule is CC(C)(C)c1csc(CNCCSCCCO)n1. The van der Waals surface area contributed by atoms with E-state index in [2.05, 4.69) is 36.5 Å². The standard InChI is InChI=1S/C13H24N2OS2/c1-13(2,3)11-10-18-12(15-11)9-14-5-8-17-7-4-6-16/h10,14,16H,4-9H2,1-3H3. The second-order valence-corrected chi connectivity index (χ2v) is 7.41. The predicted octanol–water partition coefficient (Wildman–Crippen LogP) is 2.65. The van der Waals surface area contributed by atoms with Crippen LogP contribution in [0.15, 0.2) is 5.38 Å². The molecule has 2 N–H and O–H groups in total. The van der Waals surface area contributed by atoms with Crippen LogP contribution in [0.2, 0.25) is 0 Å². The molecule has 0 unspecified atom stereocenters. The minimum Gasteiger partial charge on any atom is -0.396 e. The molecule has 1 aromatic heterocycles. The monoisotopic (exact) mass is 288 g/mol. The van der Waals surface area contributed by atoms with Gasteiger partial charge < -0.3 is 10.4 Å². The first-order valence-electron chi connectivity index (χ1n) is 6.38. The Bertz CT molecular complexity index is 334. The van der Waals surface area contributed by atoms with Crippen molar-refractivity contribution in [2.75, 3.05) is 24.7 Å². The number of aliphatic hydroxyl groups is 1. The van der Waals surface area contributed by atoms with Gasteiger partial charge in [-0.1, -0.05) is 20.8 Å². The lowest BCUT2D eigenvalue weighted by molar-refractivity contribution is 0.296. The number of rotatable bonds is 8. The third kappa shape index (κ3) is 6.18. The van der Waals surface area contributed by atoms with Crippen molar-refractivity contribution in [1.29, 1.82) is 0 Å². The number of thiazole rings is 1. The highest BCUT2D eigenvalue weighted by Gasteiger charge is 2.16. The van der Waals surface area contributed by atoms with Crippen LogP contribution in [0.4, 0.5) is 0 Å². The number of hydrogen-bond acceptors (Lipinski definition) is 5. The lowest BCUT2D eigenvalue weighted by Gasteiger charge is -2.14. The third-order valence-corrected chi connectivity index (χ3v) is 4.39. The van der Waals surface area contributed by atoms with E-state index in [9.17, 15) is 0 Å². The normalized spacial score (nSPS) is 12.0. The Balaban J connectivity index is 2.14. The molecule has 0 aliphatic heterocycles. The zero-order chi connectivity index (χ0) is 13.4. The first-order chi connectivity index (χ1) is 8.54. The molecule has 0 aromatic carbocycles. The number of nitrogens with one attached hydrogen (secondary N) is 1. The van der Waals surface area contributed by atoms with Gasteiger partial charge in [-0.2, -0.15) is 11.8 Å². The van der Waals surface area contributed by atoms with E-state index in [-0.39, 0.29) is 5.41 Å². The molecule has 104 valence electrons. The van der Waals surface area contributed by atoms with Gasteiger partial charge in [0, 0.05) is 36.2 Å². The van der Waals surface area contributed by atoms with Crippen LogP contribution in [0.1, 0.15) is 37.9 Å². The molecule has 5 heteroatoms. The molecule has 0 saturated heterocycles. The number of aromatic nitrogens is 1. The highest BCUT2D eigenvalue weighted by atomic mass is 32.2. The van der Waals surface area contributed by atoms with Crippen molar-refractivity contribution < 1.29 is 5.11 Å². The molecule has 0 spiro atoms. The molecule has 0 atom stereocenters. The van der Waals surface area contributed by atoms with Crippen molar-refractivity contribution in [3.63, 3.8) is 0 Å². The number of hydrogen-bond donors (Lipinski definition) is 2. The van der Waals surface area contributed by atoms with Crippen molar-refractivity contribution in [3.8, 4) is 0 Å². The molecular formula is C13H24N2OS2. The molecule has 0 bridgehead atoms. The maximum absolute atomic E-state index is 8.65. The van der Waals surface area contributed by atoms with E-state index in [1.165, 1.54) is 10.7 Å². The van der Waals surface area contributed by atoms with E-state index in [1.54, 1.807) is 11.3 Å². The first-order valence-corrected chi connectivity index (χ1v) is 8.41. The summed E-state index contributed by atoms with van der Waals surface area (Å²) in [6.07, 6.45) is 0.895. The Morgan fingerprint density at radius 1 is 1.39 bits per heavy atom. The van der Waals surface area contributed by atoms with Gasteiger partial charge in [-0.05, 0) is 12.2 Å². The zero-order valence-electron chi connectivity index (χ0n) is 11.5. The Morgan fingerprint density at radius 2 is 2.17 bits per heavy atom. The van der Waals surface area contributed by atoms with E-state index in [0.717, 1.165) is 31.0 Å². The number of aliphatic hydroxyl groups excluding tert-OH is 1. The molecule has 0 saturated carbocycles. The summed E-state index contributed by atoms with van der Waals surface area (Å²) in [5.74, 6) is 2.14. The summed E-state index contributed by atoms with van der Waals surface area (Å²) in [6, 6.07) is 0. The molecule has 3 nitrogen and oxygen atoms in total. The Labute approximate surface area is 118 Å². The largest absolute Gasteiger partial charge is 0.396 e.